The first-order valence-electron chi connectivity index (χ1n) is 12.6. The van der Waals surface area contributed by atoms with E-state index in [-0.39, 0.29) is 53.2 Å². The number of fused-ring (bicyclic) bond motifs is 9. The van der Waals surface area contributed by atoms with Gasteiger partial charge in [0.25, 0.3) is 0 Å². The molecule has 2 bridgehead atoms. The number of H-pyrrole nitrogens is 1. The molecule has 10 heteroatoms. The van der Waals surface area contributed by atoms with Gasteiger partial charge in [-0.05, 0) is 66.2 Å². The summed E-state index contributed by atoms with van der Waals surface area (Å²) in [4.78, 5) is 44.6. The maximum absolute atomic E-state index is 13.5. The third-order valence-corrected chi connectivity index (χ3v) is 11.5. The normalized spacial score (nSPS) is 30.7. The lowest BCUT2D eigenvalue weighted by atomic mass is 9.68. The van der Waals surface area contributed by atoms with Gasteiger partial charge in [-0.15, -0.1) is 23.1 Å². The maximum Gasteiger partial charge on any atom is 0.325 e. The molecule has 7 atom stereocenters. The van der Waals surface area contributed by atoms with Crippen molar-refractivity contribution in [3.8, 4) is 11.5 Å². The number of amides is 2. The summed E-state index contributed by atoms with van der Waals surface area (Å²) in [5.74, 6) is 0.0442. The first-order chi connectivity index (χ1) is 18.4. The molecule has 2 amide bonds. The molecule has 2 aliphatic heterocycles. The lowest BCUT2D eigenvalue weighted by Crippen LogP contribution is -2.42. The molecule has 194 valence electrons. The summed E-state index contributed by atoms with van der Waals surface area (Å²) in [5.41, 5.74) is 1.12. The highest BCUT2D eigenvalue weighted by atomic mass is 32.2. The number of likely N-dealkylation sites (tertiary alicyclic amines) is 1. The fourth-order valence-corrected chi connectivity index (χ4v) is 10.5. The lowest BCUT2D eigenvalue weighted by molar-refractivity contribution is -0.151. The first-order valence-corrected chi connectivity index (χ1v) is 14.7. The Morgan fingerprint density at radius 3 is 2.55 bits per heavy atom. The fourth-order valence-electron chi connectivity index (χ4n) is 7.20. The van der Waals surface area contributed by atoms with Crippen molar-refractivity contribution in [2.45, 2.75) is 22.6 Å². The van der Waals surface area contributed by atoms with Gasteiger partial charge in [0.15, 0.2) is 3.95 Å². The van der Waals surface area contributed by atoms with Crippen molar-refractivity contribution >= 4 is 53.1 Å². The topological polar surface area (TPSA) is 88.7 Å². The van der Waals surface area contributed by atoms with E-state index in [2.05, 4.69) is 17.1 Å². The van der Waals surface area contributed by atoms with Crippen LogP contribution in [0.2, 0.25) is 0 Å². The number of hydrogen-bond acceptors (Lipinski definition) is 8. The fraction of sp³-hybridized carbons (Fsp3) is 0.357. The summed E-state index contributed by atoms with van der Waals surface area (Å²) >= 11 is 8.92. The highest BCUT2D eigenvalue weighted by Crippen LogP contribution is 2.68. The van der Waals surface area contributed by atoms with Crippen LogP contribution in [0.25, 0.3) is 0 Å². The second kappa shape index (κ2) is 9.07. The Balaban J connectivity index is 1.27. The summed E-state index contributed by atoms with van der Waals surface area (Å²) in [6, 6.07) is 17.9. The minimum atomic E-state index is -0.575. The number of nitrogens with zero attached hydrogens (tertiary/aromatic N) is 1. The zero-order chi connectivity index (χ0) is 26.1. The highest BCUT2D eigenvalue weighted by Gasteiger charge is 2.69. The Morgan fingerprint density at radius 1 is 1.05 bits per heavy atom. The number of methoxy groups -OCH3 is 1. The smallest absolute Gasteiger partial charge is 0.325 e. The predicted octanol–water partition coefficient (Wildman–Crippen LogP) is 5.24. The van der Waals surface area contributed by atoms with Gasteiger partial charge in [-0.1, -0.05) is 30.3 Å². The number of esters is 1. The van der Waals surface area contributed by atoms with Gasteiger partial charge in [-0.3, -0.25) is 19.3 Å². The van der Waals surface area contributed by atoms with Gasteiger partial charge in [0, 0.05) is 16.0 Å². The van der Waals surface area contributed by atoms with Crippen LogP contribution in [0.4, 0.5) is 0 Å². The second-order valence-electron chi connectivity index (χ2n) is 10.3. The van der Waals surface area contributed by atoms with Crippen LogP contribution in [-0.2, 0) is 19.1 Å². The monoisotopic (exact) mass is 564 g/mol. The van der Waals surface area contributed by atoms with E-state index in [4.69, 9.17) is 21.7 Å². The van der Waals surface area contributed by atoms with Crippen LogP contribution in [0, 0.1) is 33.5 Å². The number of nitrogens with one attached hydrogen (secondary N) is 1. The number of benzene rings is 2. The molecular weight excluding hydrogens is 541 g/mol. The molecule has 0 spiro atoms. The molecule has 3 aromatic rings. The van der Waals surface area contributed by atoms with Gasteiger partial charge < -0.3 is 14.5 Å². The number of carbonyl (C=O) groups excluding carboxylic acids is 3. The molecule has 0 radical (unpaired) electrons. The number of carbonyl (C=O) groups is 3. The molecule has 3 heterocycles. The molecule has 7 nitrogen and oxygen atoms in total. The Hall–Kier alpha value is -2.95. The molecule has 7 unspecified atom stereocenters. The number of para-hydroxylation sites is 1. The van der Waals surface area contributed by atoms with Crippen molar-refractivity contribution in [2.75, 3.05) is 13.7 Å². The summed E-state index contributed by atoms with van der Waals surface area (Å²) < 4.78 is 11.6. The molecule has 4 aliphatic rings. The summed E-state index contributed by atoms with van der Waals surface area (Å²) in [6.07, 6.45) is 0.841. The van der Waals surface area contributed by atoms with Crippen molar-refractivity contribution in [3.05, 3.63) is 69.0 Å². The van der Waals surface area contributed by atoms with E-state index in [1.54, 1.807) is 23.1 Å². The molecule has 7 rings (SSSR count). The van der Waals surface area contributed by atoms with Crippen LogP contribution in [0.5, 0.6) is 11.5 Å². The summed E-state index contributed by atoms with van der Waals surface area (Å²) in [6.45, 7) is -0.314. The van der Waals surface area contributed by atoms with Crippen LogP contribution >= 0.6 is 35.3 Å². The number of thiazole rings is 1. The molecule has 1 N–H and O–H groups in total. The molecule has 3 fully saturated rings. The van der Waals surface area contributed by atoms with Crippen LogP contribution in [0.1, 0.15) is 22.8 Å². The van der Waals surface area contributed by atoms with Gasteiger partial charge in [0.05, 0.1) is 24.0 Å². The number of aromatic nitrogens is 1. The Morgan fingerprint density at radius 2 is 1.79 bits per heavy atom. The first kappa shape index (κ1) is 24.1. The molecule has 2 saturated carbocycles. The number of imide groups is 1. The number of aromatic amines is 1. The van der Waals surface area contributed by atoms with E-state index in [0.29, 0.717) is 0 Å². The Bertz CT molecular complexity index is 1520. The van der Waals surface area contributed by atoms with E-state index < -0.39 is 11.9 Å². The number of thioether (sulfide) groups is 1. The average molecular weight is 565 g/mol. The van der Waals surface area contributed by atoms with Crippen molar-refractivity contribution < 1.29 is 23.9 Å². The molecule has 38 heavy (non-hydrogen) atoms. The van der Waals surface area contributed by atoms with Crippen LogP contribution in [0.3, 0.4) is 0 Å². The van der Waals surface area contributed by atoms with Crippen molar-refractivity contribution in [1.29, 1.82) is 0 Å². The largest absolute Gasteiger partial charge is 0.468 e. The van der Waals surface area contributed by atoms with Gasteiger partial charge in [-0.25, -0.2) is 0 Å². The van der Waals surface area contributed by atoms with E-state index in [9.17, 15) is 14.4 Å². The standard InChI is InChI=1S/C28H24N2O5S3/c1-34-18(31)12-30-26(32)21-16-11-17(22(21)27(30)33)23-20(16)19(24-25(37-23)29-28(36)38-24)13-6-5-9-15(10-13)35-14-7-3-2-4-8-14/h2-10,16-17,19-23H,11-12H2,1H3,(H,29,36). The van der Waals surface area contributed by atoms with Gasteiger partial charge in [0.1, 0.15) is 18.0 Å². The van der Waals surface area contributed by atoms with Gasteiger partial charge >= 0.3 is 5.97 Å². The molecular formula is C28H24N2O5S3. The Kier molecular flexibility index (Phi) is 5.75. The van der Waals surface area contributed by atoms with Crippen LogP contribution in [0.15, 0.2) is 59.6 Å². The lowest BCUT2D eigenvalue weighted by Gasteiger charge is -2.43. The van der Waals surface area contributed by atoms with Gasteiger partial charge in [-0.2, -0.15) is 0 Å². The van der Waals surface area contributed by atoms with Crippen molar-refractivity contribution in [3.63, 3.8) is 0 Å². The van der Waals surface area contributed by atoms with Crippen LogP contribution < -0.4 is 4.74 Å². The summed E-state index contributed by atoms with van der Waals surface area (Å²) in [7, 11) is 1.27. The van der Waals surface area contributed by atoms with Crippen LogP contribution in [-0.4, -0.2) is 46.6 Å². The van der Waals surface area contributed by atoms with E-state index in [1.807, 2.05) is 42.5 Å². The third kappa shape index (κ3) is 3.60. The number of hydrogen-bond donors (Lipinski definition) is 1. The number of rotatable bonds is 5. The molecule has 1 aromatic heterocycles. The zero-order valence-corrected chi connectivity index (χ0v) is 22.8. The summed E-state index contributed by atoms with van der Waals surface area (Å²) in [5, 5.41) is 1.24. The SMILES string of the molecule is COC(=O)CN1C(=O)C2C3CC(C2C1=O)C1C(c2cccc(Oc4ccccc4)c2)c2sc(=S)[nH]c2SC31. The average Bonchev–Trinajstić information content (AvgIpc) is 3.65. The number of ether oxygens (including phenoxy) is 2. The Labute approximate surface area is 232 Å². The third-order valence-electron chi connectivity index (χ3n) is 8.53. The van der Waals surface area contributed by atoms with Crippen molar-refractivity contribution in [1.82, 2.24) is 9.88 Å². The highest BCUT2D eigenvalue weighted by molar-refractivity contribution is 8.00. The van der Waals surface area contributed by atoms with E-state index >= 15 is 0 Å². The molecule has 2 aromatic carbocycles. The maximum atomic E-state index is 13.5. The van der Waals surface area contributed by atoms with E-state index in [0.717, 1.165) is 37.4 Å². The minimum Gasteiger partial charge on any atom is -0.468 e. The minimum absolute atomic E-state index is 0.0297. The quantitative estimate of drug-likeness (QED) is 0.257. The predicted molar refractivity (Wildman–Crippen MR) is 145 cm³/mol. The van der Waals surface area contributed by atoms with Gasteiger partial charge in [0.2, 0.25) is 11.8 Å². The van der Waals surface area contributed by atoms with Crippen molar-refractivity contribution in [2.24, 2.45) is 29.6 Å². The second-order valence-corrected chi connectivity index (χ2v) is 13.2. The van der Waals surface area contributed by atoms with E-state index in [1.165, 1.54) is 12.0 Å². The molecule has 2 aliphatic carbocycles. The molecule has 1 saturated heterocycles. The zero-order valence-electron chi connectivity index (χ0n) is 20.4.